The van der Waals surface area contributed by atoms with Crippen molar-refractivity contribution in [3.8, 4) is 5.75 Å². The second-order valence-corrected chi connectivity index (χ2v) is 9.65. The van der Waals surface area contributed by atoms with Gasteiger partial charge in [-0.25, -0.2) is 0 Å². The summed E-state index contributed by atoms with van der Waals surface area (Å²) in [5, 5.41) is 3.20. The van der Waals surface area contributed by atoms with Gasteiger partial charge in [-0.3, -0.25) is 9.59 Å². The van der Waals surface area contributed by atoms with Crippen LogP contribution >= 0.6 is 0 Å². The standard InChI is InChI=1S/C24H32N2O3/c27-22(25-19-4-3-5-19)15-18-16-24(29-21-7-2-1-6-20(18)21)10-12-26(13-11-24)23(28)14-17-8-9-17/h1-2,6-7,17-19H,3-5,8-16H2,(H,25,27)/t18-/m1/s1. The molecule has 5 rings (SSSR count). The summed E-state index contributed by atoms with van der Waals surface area (Å²) in [5.41, 5.74) is 0.917. The Balaban J connectivity index is 1.26. The van der Waals surface area contributed by atoms with E-state index in [0.29, 0.717) is 24.3 Å². The van der Waals surface area contributed by atoms with Crippen LogP contribution in [0.1, 0.15) is 75.7 Å². The lowest BCUT2D eigenvalue weighted by molar-refractivity contribution is -0.135. The van der Waals surface area contributed by atoms with Gasteiger partial charge in [0.2, 0.25) is 11.8 Å². The van der Waals surface area contributed by atoms with E-state index in [2.05, 4.69) is 11.4 Å². The highest BCUT2D eigenvalue weighted by Crippen LogP contribution is 2.46. The molecule has 2 heterocycles. The Morgan fingerprint density at radius 2 is 1.83 bits per heavy atom. The molecule has 1 aromatic rings. The SMILES string of the molecule is O=C(C[C@@H]1CC2(CCN(C(=O)CC3CC3)CC2)Oc2ccccc21)NC1CCC1. The molecule has 0 radical (unpaired) electrons. The van der Waals surface area contributed by atoms with Crippen LogP contribution in [0.15, 0.2) is 24.3 Å². The van der Waals surface area contributed by atoms with Crippen molar-refractivity contribution in [2.24, 2.45) is 5.92 Å². The summed E-state index contributed by atoms with van der Waals surface area (Å²) in [7, 11) is 0. The molecule has 1 saturated heterocycles. The summed E-state index contributed by atoms with van der Waals surface area (Å²) in [4.78, 5) is 27.2. The van der Waals surface area contributed by atoms with Crippen molar-refractivity contribution in [1.82, 2.24) is 10.2 Å². The molecule has 3 fully saturated rings. The molecular weight excluding hydrogens is 364 g/mol. The molecule has 2 aliphatic heterocycles. The molecule has 1 spiro atoms. The number of rotatable bonds is 5. The highest BCUT2D eigenvalue weighted by molar-refractivity contribution is 5.78. The molecule has 4 aliphatic rings. The molecule has 0 unspecified atom stereocenters. The van der Waals surface area contributed by atoms with Gasteiger partial charge in [-0.05, 0) is 56.1 Å². The Kier molecular flexibility index (Phi) is 5.00. The van der Waals surface area contributed by atoms with E-state index in [4.69, 9.17) is 4.74 Å². The minimum atomic E-state index is -0.244. The largest absolute Gasteiger partial charge is 0.487 e. The molecule has 5 heteroatoms. The molecule has 29 heavy (non-hydrogen) atoms. The average Bonchev–Trinajstić information content (AvgIpc) is 3.49. The van der Waals surface area contributed by atoms with E-state index in [1.54, 1.807) is 0 Å². The van der Waals surface area contributed by atoms with Crippen molar-refractivity contribution < 1.29 is 14.3 Å². The van der Waals surface area contributed by atoms with Gasteiger partial charge in [0.05, 0.1) is 0 Å². The van der Waals surface area contributed by atoms with E-state index in [-0.39, 0.29) is 17.4 Å². The van der Waals surface area contributed by atoms with Crippen molar-refractivity contribution in [1.29, 1.82) is 0 Å². The molecule has 5 nitrogen and oxygen atoms in total. The fraction of sp³-hybridized carbons (Fsp3) is 0.667. The number of piperidine rings is 1. The van der Waals surface area contributed by atoms with Gasteiger partial charge in [-0.15, -0.1) is 0 Å². The van der Waals surface area contributed by atoms with Gasteiger partial charge in [0.1, 0.15) is 11.4 Å². The number of hydrogen-bond acceptors (Lipinski definition) is 3. The first-order chi connectivity index (χ1) is 14.1. The Bertz CT molecular complexity index is 776. The number of carbonyl (C=O) groups excluding carboxylic acids is 2. The number of hydrogen-bond donors (Lipinski definition) is 1. The number of fused-ring (bicyclic) bond motifs is 1. The summed E-state index contributed by atoms with van der Waals surface area (Å²) >= 11 is 0. The van der Waals surface area contributed by atoms with Crippen molar-refractivity contribution in [2.75, 3.05) is 13.1 Å². The number of carbonyl (C=O) groups is 2. The molecule has 2 amide bonds. The Labute approximate surface area is 173 Å². The maximum absolute atomic E-state index is 12.6. The molecule has 2 saturated carbocycles. The van der Waals surface area contributed by atoms with Gasteiger partial charge < -0.3 is 15.0 Å². The van der Waals surface area contributed by atoms with Gasteiger partial charge in [0.15, 0.2) is 0 Å². The van der Waals surface area contributed by atoms with Crippen LogP contribution in [0.5, 0.6) is 5.75 Å². The van der Waals surface area contributed by atoms with Gasteiger partial charge >= 0.3 is 0 Å². The lowest BCUT2D eigenvalue weighted by Crippen LogP contribution is -2.52. The Hall–Kier alpha value is -2.04. The highest BCUT2D eigenvalue weighted by Gasteiger charge is 2.44. The van der Waals surface area contributed by atoms with Crippen LogP contribution in [-0.2, 0) is 9.59 Å². The number of benzene rings is 1. The fourth-order valence-electron chi connectivity index (χ4n) is 5.16. The molecule has 1 atom stereocenters. The van der Waals surface area contributed by atoms with Crippen LogP contribution in [0.4, 0.5) is 0 Å². The van der Waals surface area contributed by atoms with Crippen LogP contribution in [-0.4, -0.2) is 41.4 Å². The van der Waals surface area contributed by atoms with E-state index in [9.17, 15) is 9.59 Å². The third-order valence-corrected chi connectivity index (χ3v) is 7.39. The lowest BCUT2D eigenvalue weighted by Gasteiger charge is -2.47. The van der Waals surface area contributed by atoms with Crippen LogP contribution in [0.25, 0.3) is 0 Å². The zero-order valence-electron chi connectivity index (χ0n) is 17.2. The predicted molar refractivity (Wildman–Crippen MR) is 111 cm³/mol. The van der Waals surface area contributed by atoms with E-state index in [0.717, 1.165) is 62.9 Å². The van der Waals surface area contributed by atoms with E-state index >= 15 is 0 Å². The van der Waals surface area contributed by atoms with Crippen LogP contribution in [0, 0.1) is 5.92 Å². The van der Waals surface area contributed by atoms with E-state index < -0.39 is 0 Å². The predicted octanol–water partition coefficient (Wildman–Crippen LogP) is 3.77. The number of likely N-dealkylation sites (tertiary alicyclic amines) is 1. The van der Waals surface area contributed by atoms with Crippen molar-refractivity contribution in [2.45, 2.75) is 81.8 Å². The Morgan fingerprint density at radius 3 is 2.52 bits per heavy atom. The summed E-state index contributed by atoms with van der Waals surface area (Å²) in [6, 6.07) is 8.58. The van der Waals surface area contributed by atoms with Gasteiger partial charge in [0.25, 0.3) is 0 Å². The quantitative estimate of drug-likeness (QED) is 0.824. The second kappa shape index (κ2) is 7.66. The van der Waals surface area contributed by atoms with Gasteiger partial charge in [-0.1, -0.05) is 18.2 Å². The lowest BCUT2D eigenvalue weighted by atomic mass is 9.76. The topological polar surface area (TPSA) is 58.6 Å². The molecule has 1 aromatic carbocycles. The number of para-hydroxylation sites is 1. The first-order valence-electron chi connectivity index (χ1n) is 11.5. The maximum atomic E-state index is 12.6. The second-order valence-electron chi connectivity index (χ2n) is 9.65. The summed E-state index contributed by atoms with van der Waals surface area (Å²) in [5.74, 6) is 2.24. The molecule has 0 aromatic heterocycles. The van der Waals surface area contributed by atoms with Crippen molar-refractivity contribution in [3.63, 3.8) is 0 Å². The molecule has 0 bridgehead atoms. The molecular formula is C24H32N2O3. The minimum Gasteiger partial charge on any atom is -0.487 e. The third kappa shape index (κ3) is 4.15. The smallest absolute Gasteiger partial charge is 0.222 e. The molecule has 1 N–H and O–H groups in total. The minimum absolute atomic E-state index is 0.170. The molecule has 2 aliphatic carbocycles. The van der Waals surface area contributed by atoms with Crippen LogP contribution < -0.4 is 10.1 Å². The first-order valence-corrected chi connectivity index (χ1v) is 11.5. The van der Waals surface area contributed by atoms with Gasteiger partial charge in [-0.2, -0.15) is 0 Å². The summed E-state index contributed by atoms with van der Waals surface area (Å²) in [6.07, 6.45) is 9.73. The first kappa shape index (κ1) is 19.0. The number of ether oxygens (including phenoxy) is 1. The average molecular weight is 397 g/mol. The summed E-state index contributed by atoms with van der Waals surface area (Å²) < 4.78 is 6.54. The summed E-state index contributed by atoms with van der Waals surface area (Å²) in [6.45, 7) is 1.55. The normalized spacial score (nSPS) is 25.7. The van der Waals surface area contributed by atoms with Gasteiger partial charge in [0, 0.05) is 50.7 Å². The monoisotopic (exact) mass is 396 g/mol. The Morgan fingerprint density at radius 1 is 1.07 bits per heavy atom. The highest BCUT2D eigenvalue weighted by atomic mass is 16.5. The van der Waals surface area contributed by atoms with E-state index in [1.807, 2.05) is 23.1 Å². The van der Waals surface area contributed by atoms with Crippen LogP contribution in [0.3, 0.4) is 0 Å². The number of nitrogens with one attached hydrogen (secondary N) is 1. The van der Waals surface area contributed by atoms with Crippen molar-refractivity contribution >= 4 is 11.8 Å². The number of nitrogens with zero attached hydrogens (tertiary/aromatic N) is 1. The van der Waals surface area contributed by atoms with Crippen molar-refractivity contribution in [3.05, 3.63) is 29.8 Å². The molecule has 156 valence electrons. The third-order valence-electron chi connectivity index (χ3n) is 7.39. The van der Waals surface area contributed by atoms with E-state index in [1.165, 1.54) is 19.3 Å². The zero-order chi connectivity index (χ0) is 19.8. The fourth-order valence-corrected chi connectivity index (χ4v) is 5.16. The maximum Gasteiger partial charge on any atom is 0.222 e. The number of amides is 2. The zero-order valence-corrected chi connectivity index (χ0v) is 17.2. The van der Waals surface area contributed by atoms with Crippen LogP contribution in [0.2, 0.25) is 0 Å².